The highest BCUT2D eigenvalue weighted by atomic mass is 19.4. The fourth-order valence-electron chi connectivity index (χ4n) is 2.28. The Bertz CT molecular complexity index is 642. The zero-order valence-corrected chi connectivity index (χ0v) is 11.9. The molecule has 0 radical (unpaired) electrons. The molecule has 2 atom stereocenters. The molecule has 1 aromatic rings. The topological polar surface area (TPSA) is 129 Å². The number of aliphatic carboxylic acids is 1. The summed E-state index contributed by atoms with van der Waals surface area (Å²) in [7, 11) is 0. The zero-order valence-electron chi connectivity index (χ0n) is 11.9. The average Bonchev–Trinajstić information content (AvgIpc) is 3.04. The standard InChI is InChI=1S/C11H13N5.C2HF3O2/c12-4-10-11(5-13)16(7-15-10)6-8-1-2-9(14)3-8;3-2(4,5)1(6)7/h7-9H,1-3,6,14H2;(H,6,7). The molecule has 0 amide bonds. The molecule has 1 aliphatic carbocycles. The Labute approximate surface area is 129 Å². The molecule has 1 heterocycles. The highest BCUT2D eigenvalue weighted by molar-refractivity contribution is 5.73. The second-order valence-corrected chi connectivity index (χ2v) is 5.06. The summed E-state index contributed by atoms with van der Waals surface area (Å²) in [6.07, 6.45) is -0.385. The second-order valence-electron chi connectivity index (χ2n) is 5.06. The molecule has 2 rings (SSSR count). The molecule has 23 heavy (non-hydrogen) atoms. The van der Waals surface area contributed by atoms with E-state index in [0.29, 0.717) is 11.6 Å². The molecule has 0 aliphatic heterocycles. The number of nitriles is 2. The van der Waals surface area contributed by atoms with Crippen molar-refractivity contribution in [3.8, 4) is 12.1 Å². The smallest absolute Gasteiger partial charge is 0.475 e. The maximum atomic E-state index is 10.6. The van der Waals surface area contributed by atoms with Gasteiger partial charge >= 0.3 is 12.1 Å². The zero-order chi connectivity index (χ0) is 17.6. The fourth-order valence-corrected chi connectivity index (χ4v) is 2.28. The molecule has 0 aromatic carbocycles. The summed E-state index contributed by atoms with van der Waals surface area (Å²) in [4.78, 5) is 12.8. The number of hydrogen-bond acceptors (Lipinski definition) is 5. The molecule has 1 fully saturated rings. The van der Waals surface area contributed by atoms with E-state index in [1.54, 1.807) is 10.9 Å². The van der Waals surface area contributed by atoms with Crippen LogP contribution in [0, 0.1) is 28.6 Å². The van der Waals surface area contributed by atoms with Gasteiger partial charge in [0.05, 0.1) is 6.33 Å². The van der Waals surface area contributed by atoms with E-state index in [0.717, 1.165) is 25.8 Å². The van der Waals surface area contributed by atoms with Gasteiger partial charge in [-0.2, -0.15) is 23.7 Å². The van der Waals surface area contributed by atoms with Crippen molar-refractivity contribution < 1.29 is 23.1 Å². The number of carboxylic acids is 1. The predicted molar refractivity (Wildman–Crippen MR) is 70.7 cm³/mol. The molecule has 7 nitrogen and oxygen atoms in total. The van der Waals surface area contributed by atoms with Crippen molar-refractivity contribution in [2.24, 2.45) is 11.7 Å². The highest BCUT2D eigenvalue weighted by Gasteiger charge is 2.38. The van der Waals surface area contributed by atoms with Gasteiger partial charge in [-0.15, -0.1) is 0 Å². The number of halogens is 3. The van der Waals surface area contributed by atoms with Gasteiger partial charge < -0.3 is 15.4 Å². The first-order valence-electron chi connectivity index (χ1n) is 6.60. The molecule has 0 bridgehead atoms. The van der Waals surface area contributed by atoms with Crippen LogP contribution in [0.25, 0.3) is 0 Å². The molecule has 10 heteroatoms. The van der Waals surface area contributed by atoms with E-state index in [9.17, 15) is 13.2 Å². The third-order valence-corrected chi connectivity index (χ3v) is 3.33. The van der Waals surface area contributed by atoms with Gasteiger partial charge in [-0.05, 0) is 25.2 Å². The van der Waals surface area contributed by atoms with E-state index in [4.69, 9.17) is 26.2 Å². The van der Waals surface area contributed by atoms with Crippen molar-refractivity contribution in [2.45, 2.75) is 38.0 Å². The Hall–Kier alpha value is -2.59. The summed E-state index contributed by atoms with van der Waals surface area (Å²) < 4.78 is 33.5. The average molecular weight is 329 g/mol. The molecular weight excluding hydrogens is 315 g/mol. The van der Waals surface area contributed by atoms with E-state index >= 15 is 0 Å². The number of nitrogens with zero attached hydrogens (tertiary/aromatic N) is 4. The van der Waals surface area contributed by atoms with Gasteiger partial charge in [0.1, 0.15) is 12.1 Å². The Morgan fingerprint density at radius 3 is 2.43 bits per heavy atom. The highest BCUT2D eigenvalue weighted by Crippen LogP contribution is 2.26. The van der Waals surface area contributed by atoms with Gasteiger partial charge in [-0.3, -0.25) is 0 Å². The number of carboxylic acid groups (broad SMARTS) is 1. The van der Waals surface area contributed by atoms with Gasteiger partial charge in [-0.1, -0.05) is 0 Å². The van der Waals surface area contributed by atoms with Gasteiger partial charge in [0, 0.05) is 12.6 Å². The Kier molecular flexibility index (Phi) is 6.10. The third-order valence-electron chi connectivity index (χ3n) is 3.33. The molecule has 0 saturated heterocycles. The van der Waals surface area contributed by atoms with E-state index in [1.807, 2.05) is 12.1 Å². The normalized spacial score (nSPS) is 20.1. The summed E-state index contributed by atoms with van der Waals surface area (Å²) in [5.41, 5.74) is 6.42. The van der Waals surface area contributed by atoms with Crippen molar-refractivity contribution >= 4 is 5.97 Å². The Morgan fingerprint density at radius 1 is 1.43 bits per heavy atom. The number of hydrogen-bond donors (Lipinski definition) is 2. The quantitative estimate of drug-likeness (QED) is 0.843. The van der Waals surface area contributed by atoms with Gasteiger partial charge in [0.2, 0.25) is 0 Å². The lowest BCUT2D eigenvalue weighted by Crippen LogP contribution is -2.21. The summed E-state index contributed by atoms with van der Waals surface area (Å²) in [6, 6.07) is 4.23. The van der Waals surface area contributed by atoms with E-state index < -0.39 is 12.1 Å². The van der Waals surface area contributed by atoms with Crippen molar-refractivity contribution in [1.29, 1.82) is 10.5 Å². The van der Waals surface area contributed by atoms with Crippen LogP contribution in [-0.4, -0.2) is 32.8 Å². The van der Waals surface area contributed by atoms with Gasteiger partial charge in [0.15, 0.2) is 11.4 Å². The number of aromatic nitrogens is 2. The molecule has 1 aromatic heterocycles. The number of alkyl halides is 3. The maximum absolute atomic E-state index is 10.6. The van der Waals surface area contributed by atoms with E-state index in [1.165, 1.54) is 0 Å². The first-order valence-corrected chi connectivity index (χ1v) is 6.60. The Morgan fingerprint density at radius 2 is 2.04 bits per heavy atom. The summed E-state index contributed by atoms with van der Waals surface area (Å²) in [5, 5.41) is 24.9. The van der Waals surface area contributed by atoms with Crippen LogP contribution in [0.5, 0.6) is 0 Å². The van der Waals surface area contributed by atoms with Crippen LogP contribution in [0.1, 0.15) is 30.7 Å². The number of carbonyl (C=O) groups is 1. The monoisotopic (exact) mass is 329 g/mol. The fraction of sp³-hybridized carbons (Fsp3) is 0.538. The third kappa shape index (κ3) is 5.27. The summed E-state index contributed by atoms with van der Waals surface area (Å²) in [6.45, 7) is 0.741. The maximum Gasteiger partial charge on any atom is 0.490 e. The van der Waals surface area contributed by atoms with Crippen molar-refractivity contribution in [2.75, 3.05) is 0 Å². The molecule has 1 aliphatic rings. The van der Waals surface area contributed by atoms with Crippen LogP contribution < -0.4 is 5.73 Å². The molecule has 2 unspecified atom stereocenters. The van der Waals surface area contributed by atoms with Crippen LogP contribution in [0.2, 0.25) is 0 Å². The number of imidazole rings is 1. The van der Waals surface area contributed by atoms with Crippen LogP contribution >= 0.6 is 0 Å². The predicted octanol–water partition coefficient (Wildman–Crippen LogP) is 1.39. The van der Waals surface area contributed by atoms with Crippen LogP contribution in [0.15, 0.2) is 6.33 Å². The minimum Gasteiger partial charge on any atom is -0.475 e. The lowest BCUT2D eigenvalue weighted by atomic mass is 10.1. The minimum absolute atomic E-state index is 0.213. The molecule has 124 valence electrons. The lowest BCUT2D eigenvalue weighted by molar-refractivity contribution is -0.192. The summed E-state index contributed by atoms with van der Waals surface area (Å²) in [5.74, 6) is -2.25. The van der Waals surface area contributed by atoms with Crippen molar-refractivity contribution in [3.05, 3.63) is 17.7 Å². The Balaban J connectivity index is 0.000000322. The van der Waals surface area contributed by atoms with Crippen molar-refractivity contribution in [1.82, 2.24) is 9.55 Å². The largest absolute Gasteiger partial charge is 0.490 e. The number of rotatable bonds is 2. The van der Waals surface area contributed by atoms with Crippen molar-refractivity contribution in [3.63, 3.8) is 0 Å². The first kappa shape index (κ1) is 18.5. The minimum atomic E-state index is -5.08. The van der Waals surface area contributed by atoms with Gasteiger partial charge in [0.25, 0.3) is 0 Å². The molecular formula is C13H14F3N5O2. The van der Waals surface area contributed by atoms with E-state index in [2.05, 4.69) is 4.98 Å². The SMILES string of the molecule is N#Cc1ncn(CC2CCC(N)C2)c1C#N.O=C(O)C(F)(F)F. The molecule has 0 spiro atoms. The summed E-state index contributed by atoms with van der Waals surface area (Å²) >= 11 is 0. The lowest BCUT2D eigenvalue weighted by Gasteiger charge is -2.10. The molecule has 3 N–H and O–H groups in total. The molecule has 1 saturated carbocycles. The first-order chi connectivity index (χ1) is 10.7. The van der Waals surface area contributed by atoms with Crippen LogP contribution in [0.3, 0.4) is 0 Å². The second kappa shape index (κ2) is 7.61. The van der Waals surface area contributed by atoms with Crippen LogP contribution in [0.4, 0.5) is 13.2 Å². The van der Waals surface area contributed by atoms with E-state index in [-0.39, 0.29) is 11.7 Å². The van der Waals surface area contributed by atoms with Crippen LogP contribution in [-0.2, 0) is 11.3 Å². The number of nitrogens with two attached hydrogens (primary N) is 1. The van der Waals surface area contributed by atoms with Gasteiger partial charge in [-0.25, -0.2) is 9.78 Å².